The van der Waals surface area contributed by atoms with Crippen LogP contribution in [0.3, 0.4) is 0 Å². The highest BCUT2D eigenvalue weighted by atomic mass is 16.6. The third-order valence-electron chi connectivity index (χ3n) is 5.67. The molecule has 1 aliphatic rings. The van der Waals surface area contributed by atoms with E-state index in [1.165, 1.54) is 0 Å². The highest BCUT2D eigenvalue weighted by Gasteiger charge is 2.42. The molecule has 0 amide bonds. The molecule has 4 nitrogen and oxygen atoms in total. The van der Waals surface area contributed by atoms with Crippen molar-refractivity contribution in [1.82, 2.24) is 4.90 Å². The van der Waals surface area contributed by atoms with Crippen molar-refractivity contribution >= 4 is 5.97 Å². The van der Waals surface area contributed by atoms with Gasteiger partial charge in [-0.05, 0) is 37.5 Å². The predicted molar refractivity (Wildman–Crippen MR) is 126 cm³/mol. The van der Waals surface area contributed by atoms with Gasteiger partial charge < -0.3 is 9.47 Å². The summed E-state index contributed by atoms with van der Waals surface area (Å²) in [5.74, 6) is -0.276. The van der Waals surface area contributed by atoms with Gasteiger partial charge in [0.05, 0.1) is 19.2 Å². The Morgan fingerprint density at radius 3 is 1.91 bits per heavy atom. The lowest BCUT2D eigenvalue weighted by molar-refractivity contribution is -0.158. The van der Waals surface area contributed by atoms with Gasteiger partial charge in [-0.25, -0.2) is 0 Å². The van der Waals surface area contributed by atoms with Gasteiger partial charge in [0.2, 0.25) is 0 Å². The molecular weight excluding hydrogens is 398 g/mol. The number of hydrogen-bond donors (Lipinski definition) is 0. The Labute approximate surface area is 190 Å². The highest BCUT2D eigenvalue weighted by Crippen LogP contribution is 2.40. The van der Waals surface area contributed by atoms with Crippen molar-refractivity contribution in [1.29, 1.82) is 0 Å². The number of carbonyl (C=O) groups is 1. The molecule has 1 aliphatic heterocycles. The average molecular weight is 430 g/mol. The Bertz CT molecular complexity index is 960. The summed E-state index contributed by atoms with van der Waals surface area (Å²) in [7, 11) is 0. The van der Waals surface area contributed by atoms with Gasteiger partial charge in [0.1, 0.15) is 11.8 Å². The molecule has 2 atom stereocenters. The van der Waals surface area contributed by atoms with Crippen LogP contribution in [0.5, 0.6) is 0 Å². The van der Waals surface area contributed by atoms with Gasteiger partial charge >= 0.3 is 5.97 Å². The van der Waals surface area contributed by atoms with Gasteiger partial charge in [0, 0.05) is 5.92 Å². The molecule has 166 valence electrons. The minimum atomic E-state index is -0.534. The monoisotopic (exact) mass is 429 g/mol. The summed E-state index contributed by atoms with van der Waals surface area (Å²) >= 11 is 0. The second-order valence-corrected chi connectivity index (χ2v) is 9.21. The summed E-state index contributed by atoms with van der Waals surface area (Å²) in [6.07, 6.45) is -0.294. The molecule has 0 radical (unpaired) electrons. The van der Waals surface area contributed by atoms with Crippen molar-refractivity contribution in [3.05, 3.63) is 108 Å². The topological polar surface area (TPSA) is 38.8 Å². The maximum absolute atomic E-state index is 12.9. The summed E-state index contributed by atoms with van der Waals surface area (Å²) in [6, 6.07) is 31.0. The summed E-state index contributed by atoms with van der Waals surface area (Å²) in [4.78, 5) is 15.1. The second-order valence-electron chi connectivity index (χ2n) is 9.21. The number of esters is 1. The van der Waals surface area contributed by atoms with Crippen LogP contribution in [-0.2, 0) is 14.3 Å². The SMILES string of the molecule is CC(C)(C)OC(=O)CN1C(C(c2ccccc2)c2ccccc2)OC[C@@H]1c1ccccc1. The minimum Gasteiger partial charge on any atom is -0.459 e. The van der Waals surface area contributed by atoms with Gasteiger partial charge in [-0.15, -0.1) is 0 Å². The van der Waals surface area contributed by atoms with E-state index in [4.69, 9.17) is 9.47 Å². The number of hydrogen-bond acceptors (Lipinski definition) is 4. The van der Waals surface area contributed by atoms with E-state index in [0.29, 0.717) is 6.61 Å². The molecule has 1 heterocycles. The van der Waals surface area contributed by atoms with Crippen LogP contribution < -0.4 is 0 Å². The lowest BCUT2D eigenvalue weighted by Crippen LogP contribution is -2.42. The van der Waals surface area contributed by atoms with Crippen molar-refractivity contribution in [3.63, 3.8) is 0 Å². The summed E-state index contributed by atoms with van der Waals surface area (Å²) in [6.45, 7) is 6.38. The van der Waals surface area contributed by atoms with Gasteiger partial charge in [-0.2, -0.15) is 0 Å². The van der Waals surface area contributed by atoms with Crippen molar-refractivity contribution in [2.24, 2.45) is 0 Å². The molecular formula is C28H31NO3. The zero-order valence-electron chi connectivity index (χ0n) is 19.0. The van der Waals surface area contributed by atoms with Gasteiger partial charge in [0.15, 0.2) is 0 Å². The number of carbonyl (C=O) groups excluding carboxylic acids is 1. The smallest absolute Gasteiger partial charge is 0.320 e. The number of benzene rings is 3. The zero-order valence-corrected chi connectivity index (χ0v) is 19.0. The van der Waals surface area contributed by atoms with Crippen LogP contribution in [0.4, 0.5) is 0 Å². The first-order chi connectivity index (χ1) is 15.4. The lowest BCUT2D eigenvalue weighted by Gasteiger charge is -2.34. The van der Waals surface area contributed by atoms with E-state index in [-0.39, 0.29) is 30.7 Å². The molecule has 0 aliphatic carbocycles. The third kappa shape index (κ3) is 5.26. The van der Waals surface area contributed by atoms with Gasteiger partial charge in [-0.1, -0.05) is 91.0 Å². The fourth-order valence-corrected chi connectivity index (χ4v) is 4.37. The van der Waals surface area contributed by atoms with Gasteiger partial charge in [0.25, 0.3) is 0 Å². The maximum atomic E-state index is 12.9. The largest absolute Gasteiger partial charge is 0.459 e. The van der Waals surface area contributed by atoms with Crippen LogP contribution in [0, 0.1) is 0 Å². The van der Waals surface area contributed by atoms with Crippen molar-refractivity contribution in [2.45, 2.75) is 44.6 Å². The molecule has 0 saturated carbocycles. The second kappa shape index (κ2) is 9.68. The highest BCUT2D eigenvalue weighted by molar-refractivity contribution is 5.72. The molecule has 0 spiro atoms. The first kappa shape index (κ1) is 22.3. The third-order valence-corrected chi connectivity index (χ3v) is 5.67. The van der Waals surface area contributed by atoms with Crippen molar-refractivity contribution < 1.29 is 14.3 Å². The van der Waals surface area contributed by atoms with E-state index >= 15 is 0 Å². The zero-order chi connectivity index (χ0) is 22.6. The van der Waals surface area contributed by atoms with Crippen LogP contribution >= 0.6 is 0 Å². The summed E-state index contributed by atoms with van der Waals surface area (Å²) in [5, 5.41) is 0. The Kier molecular flexibility index (Phi) is 6.73. The maximum Gasteiger partial charge on any atom is 0.320 e. The van der Waals surface area contributed by atoms with Crippen LogP contribution in [0.1, 0.15) is 49.4 Å². The Morgan fingerprint density at radius 1 is 0.906 bits per heavy atom. The molecule has 4 rings (SSSR count). The average Bonchev–Trinajstić information content (AvgIpc) is 3.17. The minimum absolute atomic E-state index is 0.0244. The summed E-state index contributed by atoms with van der Waals surface area (Å²) in [5.41, 5.74) is 2.92. The first-order valence-electron chi connectivity index (χ1n) is 11.2. The van der Waals surface area contributed by atoms with Crippen molar-refractivity contribution in [2.75, 3.05) is 13.2 Å². The van der Waals surface area contributed by atoms with E-state index in [9.17, 15) is 4.79 Å². The fourth-order valence-electron chi connectivity index (χ4n) is 4.37. The number of ether oxygens (including phenoxy) is 2. The predicted octanol–water partition coefficient (Wildman–Crippen LogP) is 5.56. The molecule has 0 N–H and O–H groups in total. The van der Waals surface area contributed by atoms with Crippen molar-refractivity contribution in [3.8, 4) is 0 Å². The molecule has 32 heavy (non-hydrogen) atoms. The van der Waals surface area contributed by atoms with E-state index in [0.717, 1.165) is 16.7 Å². The van der Waals surface area contributed by atoms with E-state index in [2.05, 4.69) is 41.3 Å². The molecule has 3 aromatic carbocycles. The molecule has 3 aromatic rings. The van der Waals surface area contributed by atoms with Crippen LogP contribution in [0.2, 0.25) is 0 Å². The van der Waals surface area contributed by atoms with Gasteiger partial charge in [-0.3, -0.25) is 9.69 Å². The van der Waals surface area contributed by atoms with E-state index in [1.807, 2.05) is 75.4 Å². The normalized spacial score (nSPS) is 19.2. The van der Waals surface area contributed by atoms with Crippen LogP contribution in [0.25, 0.3) is 0 Å². The quantitative estimate of drug-likeness (QED) is 0.481. The molecule has 1 fully saturated rings. The molecule has 4 heteroatoms. The molecule has 1 saturated heterocycles. The molecule has 0 aromatic heterocycles. The molecule has 0 bridgehead atoms. The van der Waals surface area contributed by atoms with Crippen LogP contribution in [0.15, 0.2) is 91.0 Å². The summed E-state index contributed by atoms with van der Waals surface area (Å²) < 4.78 is 12.1. The van der Waals surface area contributed by atoms with E-state index in [1.54, 1.807) is 0 Å². The Morgan fingerprint density at radius 2 is 1.41 bits per heavy atom. The van der Waals surface area contributed by atoms with E-state index < -0.39 is 5.60 Å². The fraction of sp³-hybridized carbons (Fsp3) is 0.321. The Hall–Kier alpha value is -2.95. The molecule has 1 unspecified atom stereocenters. The first-order valence-corrected chi connectivity index (χ1v) is 11.2. The number of nitrogens with zero attached hydrogens (tertiary/aromatic N) is 1. The lowest BCUT2D eigenvalue weighted by atomic mass is 9.89. The number of rotatable bonds is 6. The van der Waals surface area contributed by atoms with Crippen LogP contribution in [-0.4, -0.2) is 35.8 Å². The Balaban J connectivity index is 1.72. The standard InChI is InChI=1S/C28H31NO3/c1-28(2,3)32-25(30)19-29-24(21-13-7-4-8-14-21)20-31-27(29)26(22-15-9-5-10-16-22)23-17-11-6-12-18-23/h4-18,24,26-27H,19-20H2,1-3H3/t24-,27?/m1/s1.